The van der Waals surface area contributed by atoms with Gasteiger partial charge in [0.25, 0.3) is 0 Å². The molecule has 3 heteroatoms. The molecule has 0 aliphatic heterocycles. The Kier molecular flexibility index (Phi) is 4.35. The smallest absolute Gasteiger partial charge is 0.303 e. The summed E-state index contributed by atoms with van der Waals surface area (Å²) >= 11 is 0. The first-order valence-electron chi connectivity index (χ1n) is 5.40. The molecule has 0 bridgehead atoms. The highest BCUT2D eigenvalue weighted by molar-refractivity contribution is 5.66. The van der Waals surface area contributed by atoms with Gasteiger partial charge in [-0.2, -0.15) is 0 Å². The average molecular weight is 222 g/mol. The van der Waals surface area contributed by atoms with Gasteiger partial charge in [0.1, 0.15) is 5.75 Å². The highest BCUT2D eigenvalue weighted by Gasteiger charge is 2.05. The number of hydrogen-bond acceptors (Lipinski definition) is 2. The second-order valence-corrected chi connectivity index (χ2v) is 4.01. The maximum atomic E-state index is 10.4. The normalized spacial score (nSPS) is 10.2. The predicted octanol–water partition coefficient (Wildman–Crippen LogP) is 2.72. The van der Waals surface area contributed by atoms with Gasteiger partial charge in [-0.05, 0) is 43.4 Å². The van der Waals surface area contributed by atoms with Gasteiger partial charge in [-0.3, -0.25) is 4.79 Å². The second kappa shape index (κ2) is 5.54. The lowest BCUT2D eigenvalue weighted by Crippen LogP contribution is -1.98. The highest BCUT2D eigenvalue weighted by atomic mass is 16.5. The molecule has 3 nitrogen and oxygen atoms in total. The lowest BCUT2D eigenvalue weighted by atomic mass is 10.0. The number of carboxylic acids is 1. The number of carbonyl (C=O) groups is 1. The number of carboxylic acid groups (broad SMARTS) is 1. The summed E-state index contributed by atoms with van der Waals surface area (Å²) in [5, 5.41) is 8.56. The van der Waals surface area contributed by atoms with E-state index in [9.17, 15) is 4.79 Å². The quantitative estimate of drug-likeness (QED) is 0.833. The molecular weight excluding hydrogens is 204 g/mol. The molecule has 0 aliphatic carbocycles. The molecule has 0 saturated heterocycles. The van der Waals surface area contributed by atoms with Crippen LogP contribution in [0.1, 0.15) is 29.5 Å². The fourth-order valence-corrected chi connectivity index (χ4v) is 1.95. The molecule has 16 heavy (non-hydrogen) atoms. The van der Waals surface area contributed by atoms with Crippen LogP contribution in [0.2, 0.25) is 0 Å². The number of methoxy groups -OCH3 is 1. The van der Waals surface area contributed by atoms with Crippen LogP contribution >= 0.6 is 0 Å². The summed E-state index contributed by atoms with van der Waals surface area (Å²) in [7, 11) is 1.67. The largest absolute Gasteiger partial charge is 0.496 e. The van der Waals surface area contributed by atoms with Crippen molar-refractivity contribution in [3.8, 4) is 5.75 Å². The minimum absolute atomic E-state index is 0.226. The highest BCUT2D eigenvalue weighted by Crippen LogP contribution is 2.24. The molecular formula is C13H18O3. The standard InChI is InChI=1S/C13H18O3/c1-9-7-11(5-4-6-12(14)15)8-10(2)13(9)16-3/h7-8H,4-6H2,1-3H3,(H,14,15). The van der Waals surface area contributed by atoms with E-state index in [1.807, 2.05) is 13.8 Å². The SMILES string of the molecule is COc1c(C)cc(CCCC(=O)O)cc1C. The number of aliphatic carboxylic acids is 1. The molecule has 0 aliphatic rings. The first-order chi connectivity index (χ1) is 7.54. The van der Waals surface area contributed by atoms with Gasteiger partial charge in [0.05, 0.1) is 7.11 Å². The van der Waals surface area contributed by atoms with Crippen LogP contribution in [0.3, 0.4) is 0 Å². The number of benzene rings is 1. The van der Waals surface area contributed by atoms with Crippen molar-refractivity contribution in [3.05, 3.63) is 28.8 Å². The summed E-state index contributed by atoms with van der Waals surface area (Å²) in [6.07, 6.45) is 1.71. The lowest BCUT2D eigenvalue weighted by molar-refractivity contribution is -0.137. The van der Waals surface area contributed by atoms with Crippen LogP contribution in [0.4, 0.5) is 0 Å². The van der Waals surface area contributed by atoms with E-state index in [0.717, 1.165) is 23.3 Å². The van der Waals surface area contributed by atoms with Crippen LogP contribution in [-0.2, 0) is 11.2 Å². The van der Waals surface area contributed by atoms with Crippen molar-refractivity contribution < 1.29 is 14.6 Å². The molecule has 0 radical (unpaired) electrons. The Morgan fingerprint density at radius 3 is 2.31 bits per heavy atom. The van der Waals surface area contributed by atoms with E-state index in [0.29, 0.717) is 6.42 Å². The molecule has 0 heterocycles. The van der Waals surface area contributed by atoms with Crippen molar-refractivity contribution in [2.75, 3.05) is 7.11 Å². The molecule has 88 valence electrons. The van der Waals surface area contributed by atoms with Crippen molar-refractivity contribution in [2.24, 2.45) is 0 Å². The minimum atomic E-state index is -0.734. The van der Waals surface area contributed by atoms with E-state index in [1.165, 1.54) is 5.56 Å². The van der Waals surface area contributed by atoms with Gasteiger partial charge in [0, 0.05) is 6.42 Å². The van der Waals surface area contributed by atoms with Crippen molar-refractivity contribution in [1.29, 1.82) is 0 Å². The van der Waals surface area contributed by atoms with Gasteiger partial charge < -0.3 is 9.84 Å². The topological polar surface area (TPSA) is 46.5 Å². The van der Waals surface area contributed by atoms with Crippen LogP contribution in [0.5, 0.6) is 5.75 Å². The fraction of sp³-hybridized carbons (Fsp3) is 0.462. The zero-order valence-electron chi connectivity index (χ0n) is 10.0. The van der Waals surface area contributed by atoms with Gasteiger partial charge in [0.2, 0.25) is 0 Å². The monoisotopic (exact) mass is 222 g/mol. The molecule has 0 atom stereocenters. The average Bonchev–Trinajstić information content (AvgIpc) is 2.16. The van der Waals surface area contributed by atoms with Crippen molar-refractivity contribution >= 4 is 5.97 Å². The first-order valence-corrected chi connectivity index (χ1v) is 5.40. The van der Waals surface area contributed by atoms with Gasteiger partial charge in [-0.25, -0.2) is 0 Å². The molecule has 1 N–H and O–H groups in total. The molecule has 0 aromatic heterocycles. The van der Waals surface area contributed by atoms with E-state index in [2.05, 4.69) is 12.1 Å². The zero-order chi connectivity index (χ0) is 12.1. The molecule has 0 spiro atoms. The molecule has 0 saturated carbocycles. The lowest BCUT2D eigenvalue weighted by Gasteiger charge is -2.10. The summed E-state index contributed by atoms with van der Waals surface area (Å²) in [5.74, 6) is 0.184. The summed E-state index contributed by atoms with van der Waals surface area (Å²) < 4.78 is 5.28. The second-order valence-electron chi connectivity index (χ2n) is 4.01. The Hall–Kier alpha value is -1.51. The predicted molar refractivity (Wildman–Crippen MR) is 63.0 cm³/mol. The number of ether oxygens (including phenoxy) is 1. The van der Waals surface area contributed by atoms with Crippen molar-refractivity contribution in [1.82, 2.24) is 0 Å². The molecule has 0 fully saturated rings. The number of aryl methyl sites for hydroxylation is 3. The van der Waals surface area contributed by atoms with Crippen LogP contribution in [0.15, 0.2) is 12.1 Å². The van der Waals surface area contributed by atoms with Crippen molar-refractivity contribution in [3.63, 3.8) is 0 Å². The molecule has 1 aromatic carbocycles. The zero-order valence-corrected chi connectivity index (χ0v) is 10.0. The van der Waals surface area contributed by atoms with E-state index >= 15 is 0 Å². The summed E-state index contributed by atoms with van der Waals surface area (Å²) in [6.45, 7) is 4.01. The third-order valence-corrected chi connectivity index (χ3v) is 2.58. The molecule has 0 unspecified atom stereocenters. The third kappa shape index (κ3) is 3.26. The van der Waals surface area contributed by atoms with Crippen LogP contribution in [0.25, 0.3) is 0 Å². The summed E-state index contributed by atoms with van der Waals surface area (Å²) in [4.78, 5) is 10.4. The fourth-order valence-electron chi connectivity index (χ4n) is 1.95. The van der Waals surface area contributed by atoms with Gasteiger partial charge in [-0.15, -0.1) is 0 Å². The van der Waals surface area contributed by atoms with Crippen LogP contribution in [-0.4, -0.2) is 18.2 Å². The summed E-state index contributed by atoms with van der Waals surface area (Å²) in [5.41, 5.74) is 3.39. The van der Waals surface area contributed by atoms with Crippen LogP contribution in [0, 0.1) is 13.8 Å². The summed E-state index contributed by atoms with van der Waals surface area (Å²) in [6, 6.07) is 4.13. The van der Waals surface area contributed by atoms with E-state index < -0.39 is 5.97 Å². The Labute approximate surface area is 96.1 Å². The Morgan fingerprint density at radius 1 is 1.31 bits per heavy atom. The molecule has 1 aromatic rings. The van der Waals surface area contributed by atoms with Gasteiger partial charge in [0.15, 0.2) is 0 Å². The van der Waals surface area contributed by atoms with E-state index in [1.54, 1.807) is 7.11 Å². The third-order valence-electron chi connectivity index (χ3n) is 2.58. The number of rotatable bonds is 5. The Morgan fingerprint density at radius 2 is 1.88 bits per heavy atom. The number of hydrogen-bond donors (Lipinski definition) is 1. The minimum Gasteiger partial charge on any atom is -0.496 e. The first kappa shape index (κ1) is 12.6. The maximum Gasteiger partial charge on any atom is 0.303 e. The van der Waals surface area contributed by atoms with E-state index in [-0.39, 0.29) is 6.42 Å². The van der Waals surface area contributed by atoms with Crippen molar-refractivity contribution in [2.45, 2.75) is 33.1 Å². The molecule has 0 amide bonds. The van der Waals surface area contributed by atoms with Gasteiger partial charge >= 0.3 is 5.97 Å². The molecule has 1 rings (SSSR count). The van der Waals surface area contributed by atoms with Crippen LogP contribution < -0.4 is 4.74 Å². The van der Waals surface area contributed by atoms with E-state index in [4.69, 9.17) is 9.84 Å². The van der Waals surface area contributed by atoms with Gasteiger partial charge in [-0.1, -0.05) is 12.1 Å². The maximum absolute atomic E-state index is 10.4. The Balaban J connectivity index is 2.72. The Bertz CT molecular complexity index is 360.